The van der Waals surface area contributed by atoms with Crippen LogP contribution in [0.5, 0.6) is 0 Å². The Kier molecular flexibility index (Phi) is 3.96. The van der Waals surface area contributed by atoms with Crippen molar-refractivity contribution < 1.29 is 0 Å². The predicted octanol–water partition coefficient (Wildman–Crippen LogP) is 2.26. The normalized spacial score (nSPS) is 10.5. The number of nitrogens with zero attached hydrogens (tertiary/aromatic N) is 2. The van der Waals surface area contributed by atoms with E-state index in [1.54, 1.807) is 30.8 Å². The zero-order valence-corrected chi connectivity index (χ0v) is 11.7. The Bertz CT molecular complexity index is 564. The molecule has 2 aromatic heterocycles. The lowest BCUT2D eigenvalue weighted by molar-refractivity contribution is 0.838. The standard InChI is InChI=1S/C11H12BrN3OS/c1-15-7-6-14-10(11(15)16)13-5-4-8-2-3-9(12)17-8/h2-3,6-7H,4-5H2,1H3,(H,13,14). The highest BCUT2D eigenvalue weighted by molar-refractivity contribution is 9.11. The van der Waals surface area contributed by atoms with Crippen molar-refractivity contribution in [2.75, 3.05) is 11.9 Å². The number of halogens is 1. The van der Waals surface area contributed by atoms with Crippen LogP contribution in [0.25, 0.3) is 0 Å². The topological polar surface area (TPSA) is 46.9 Å². The second kappa shape index (κ2) is 5.46. The number of anilines is 1. The van der Waals surface area contributed by atoms with Gasteiger partial charge in [-0.2, -0.15) is 0 Å². The van der Waals surface area contributed by atoms with E-state index in [2.05, 4.69) is 32.3 Å². The van der Waals surface area contributed by atoms with E-state index in [0.717, 1.165) is 10.2 Å². The van der Waals surface area contributed by atoms with E-state index in [1.807, 2.05) is 6.07 Å². The third-order valence-corrected chi connectivity index (χ3v) is 3.99. The van der Waals surface area contributed by atoms with Gasteiger partial charge in [0.05, 0.1) is 3.79 Å². The Hall–Kier alpha value is -1.14. The summed E-state index contributed by atoms with van der Waals surface area (Å²) in [5, 5.41) is 3.06. The van der Waals surface area contributed by atoms with E-state index in [1.165, 1.54) is 9.44 Å². The van der Waals surface area contributed by atoms with Crippen LogP contribution in [0.15, 0.2) is 33.1 Å². The minimum absolute atomic E-state index is 0.0974. The molecule has 0 aliphatic carbocycles. The number of aromatic nitrogens is 2. The average molecular weight is 314 g/mol. The molecule has 2 rings (SSSR count). The van der Waals surface area contributed by atoms with Gasteiger partial charge in [0.2, 0.25) is 0 Å². The Morgan fingerprint density at radius 2 is 2.35 bits per heavy atom. The molecule has 0 saturated carbocycles. The first kappa shape index (κ1) is 12.3. The number of thiophene rings is 1. The lowest BCUT2D eigenvalue weighted by atomic mass is 10.3. The Balaban J connectivity index is 1.94. The summed E-state index contributed by atoms with van der Waals surface area (Å²) in [6.07, 6.45) is 4.14. The van der Waals surface area contributed by atoms with Crippen LogP contribution in [-0.2, 0) is 13.5 Å². The third kappa shape index (κ3) is 3.17. The van der Waals surface area contributed by atoms with Gasteiger partial charge < -0.3 is 9.88 Å². The zero-order chi connectivity index (χ0) is 12.3. The maximum atomic E-state index is 11.6. The molecule has 0 fully saturated rings. The molecule has 2 aromatic rings. The van der Waals surface area contributed by atoms with Gasteiger partial charge in [-0.3, -0.25) is 4.79 Å². The quantitative estimate of drug-likeness (QED) is 0.942. The smallest absolute Gasteiger partial charge is 0.293 e. The van der Waals surface area contributed by atoms with Crippen LogP contribution in [0.3, 0.4) is 0 Å². The lowest BCUT2D eigenvalue weighted by Crippen LogP contribution is -2.22. The minimum Gasteiger partial charge on any atom is -0.365 e. The molecule has 0 spiro atoms. The summed E-state index contributed by atoms with van der Waals surface area (Å²) >= 11 is 5.13. The predicted molar refractivity (Wildman–Crippen MR) is 73.7 cm³/mol. The van der Waals surface area contributed by atoms with Crippen molar-refractivity contribution in [1.29, 1.82) is 0 Å². The maximum absolute atomic E-state index is 11.6. The lowest BCUT2D eigenvalue weighted by Gasteiger charge is -2.04. The first-order valence-electron chi connectivity index (χ1n) is 5.16. The van der Waals surface area contributed by atoms with Crippen LogP contribution >= 0.6 is 27.3 Å². The molecule has 17 heavy (non-hydrogen) atoms. The molecule has 6 heteroatoms. The summed E-state index contributed by atoms with van der Waals surface area (Å²) in [5.74, 6) is 0.408. The van der Waals surface area contributed by atoms with Gasteiger partial charge in [-0.1, -0.05) is 0 Å². The largest absolute Gasteiger partial charge is 0.365 e. The zero-order valence-electron chi connectivity index (χ0n) is 9.31. The van der Waals surface area contributed by atoms with E-state index >= 15 is 0 Å². The van der Waals surface area contributed by atoms with E-state index < -0.39 is 0 Å². The van der Waals surface area contributed by atoms with E-state index in [9.17, 15) is 4.79 Å². The number of aryl methyl sites for hydroxylation is 1. The number of nitrogens with one attached hydrogen (secondary N) is 1. The van der Waals surface area contributed by atoms with Crippen molar-refractivity contribution in [3.05, 3.63) is 43.5 Å². The Morgan fingerprint density at radius 3 is 3.06 bits per heavy atom. The van der Waals surface area contributed by atoms with Gasteiger partial charge in [0, 0.05) is 30.9 Å². The number of rotatable bonds is 4. The molecule has 0 unspecified atom stereocenters. The molecule has 2 heterocycles. The molecule has 0 radical (unpaired) electrons. The SMILES string of the molecule is Cn1ccnc(NCCc2ccc(Br)s2)c1=O. The molecule has 0 amide bonds. The van der Waals surface area contributed by atoms with Crippen LogP contribution in [0, 0.1) is 0 Å². The molecule has 0 aliphatic heterocycles. The molecule has 0 aromatic carbocycles. The van der Waals surface area contributed by atoms with Crippen molar-refractivity contribution in [1.82, 2.24) is 9.55 Å². The van der Waals surface area contributed by atoms with Gasteiger partial charge in [0.15, 0.2) is 5.82 Å². The first-order chi connectivity index (χ1) is 8.16. The van der Waals surface area contributed by atoms with Gasteiger partial charge in [0.1, 0.15) is 0 Å². The molecule has 0 saturated heterocycles. The second-order valence-electron chi connectivity index (χ2n) is 3.57. The van der Waals surface area contributed by atoms with E-state index in [0.29, 0.717) is 12.4 Å². The van der Waals surface area contributed by atoms with Crippen molar-refractivity contribution in [2.24, 2.45) is 7.05 Å². The molecule has 0 bridgehead atoms. The summed E-state index contributed by atoms with van der Waals surface area (Å²) in [5.41, 5.74) is -0.0974. The van der Waals surface area contributed by atoms with Crippen LogP contribution in [0.4, 0.5) is 5.82 Å². The van der Waals surface area contributed by atoms with E-state index in [4.69, 9.17) is 0 Å². The van der Waals surface area contributed by atoms with Crippen LogP contribution in [0.1, 0.15) is 4.88 Å². The van der Waals surface area contributed by atoms with Gasteiger partial charge in [-0.05, 0) is 34.5 Å². The van der Waals surface area contributed by atoms with Gasteiger partial charge in [-0.15, -0.1) is 11.3 Å². The fourth-order valence-corrected chi connectivity index (χ4v) is 2.89. The van der Waals surface area contributed by atoms with Crippen molar-refractivity contribution in [2.45, 2.75) is 6.42 Å². The summed E-state index contributed by atoms with van der Waals surface area (Å²) in [6, 6.07) is 4.10. The monoisotopic (exact) mass is 313 g/mol. The van der Waals surface area contributed by atoms with Crippen LogP contribution < -0.4 is 10.9 Å². The summed E-state index contributed by atoms with van der Waals surface area (Å²) in [7, 11) is 1.71. The number of hydrogen-bond donors (Lipinski definition) is 1. The van der Waals surface area contributed by atoms with Crippen molar-refractivity contribution in [3.63, 3.8) is 0 Å². The van der Waals surface area contributed by atoms with Crippen molar-refractivity contribution in [3.8, 4) is 0 Å². The Labute approximate surface area is 111 Å². The number of hydrogen-bond acceptors (Lipinski definition) is 4. The summed E-state index contributed by atoms with van der Waals surface area (Å²) in [6.45, 7) is 0.708. The highest BCUT2D eigenvalue weighted by Gasteiger charge is 2.02. The minimum atomic E-state index is -0.0974. The highest BCUT2D eigenvalue weighted by atomic mass is 79.9. The first-order valence-corrected chi connectivity index (χ1v) is 6.77. The van der Waals surface area contributed by atoms with Gasteiger partial charge in [-0.25, -0.2) is 4.98 Å². The van der Waals surface area contributed by atoms with Crippen LogP contribution in [0.2, 0.25) is 0 Å². The fraction of sp³-hybridized carbons (Fsp3) is 0.273. The van der Waals surface area contributed by atoms with Gasteiger partial charge in [0.25, 0.3) is 5.56 Å². The molecule has 0 atom stereocenters. The molecular formula is C11H12BrN3OS. The van der Waals surface area contributed by atoms with Crippen molar-refractivity contribution >= 4 is 33.1 Å². The van der Waals surface area contributed by atoms with E-state index in [-0.39, 0.29) is 5.56 Å². The van der Waals surface area contributed by atoms with Gasteiger partial charge >= 0.3 is 0 Å². The second-order valence-corrected chi connectivity index (χ2v) is 6.12. The highest BCUT2D eigenvalue weighted by Crippen LogP contribution is 2.22. The Morgan fingerprint density at radius 1 is 1.53 bits per heavy atom. The fourth-order valence-electron chi connectivity index (χ4n) is 1.41. The molecule has 0 aliphatic rings. The molecular weight excluding hydrogens is 302 g/mol. The maximum Gasteiger partial charge on any atom is 0.293 e. The summed E-state index contributed by atoms with van der Waals surface area (Å²) < 4.78 is 2.64. The molecule has 4 nitrogen and oxygen atoms in total. The third-order valence-electron chi connectivity index (χ3n) is 2.31. The molecule has 1 N–H and O–H groups in total. The van der Waals surface area contributed by atoms with Crippen LogP contribution in [-0.4, -0.2) is 16.1 Å². The molecule has 90 valence electrons. The average Bonchev–Trinajstić information content (AvgIpc) is 2.70. The summed E-state index contributed by atoms with van der Waals surface area (Å²) in [4.78, 5) is 16.9.